The van der Waals surface area contributed by atoms with Crippen LogP contribution in [0.15, 0.2) is 34.7 Å². The Kier molecular flexibility index (Phi) is 8.29. The van der Waals surface area contributed by atoms with E-state index in [1.165, 1.54) is 19.1 Å². The first-order valence-electron chi connectivity index (χ1n) is 12.5. The first-order valence-corrected chi connectivity index (χ1v) is 12.5. The number of alkyl halides is 9. The third kappa shape index (κ3) is 6.62. The molecule has 0 spiro atoms. The number of aliphatic hydroxyl groups is 1. The van der Waals surface area contributed by atoms with Gasteiger partial charge in [-0.1, -0.05) is 18.6 Å². The lowest BCUT2D eigenvalue weighted by molar-refractivity contribution is -0.277. The number of aromatic nitrogens is 3. The van der Waals surface area contributed by atoms with Gasteiger partial charge in [0.05, 0.1) is 17.3 Å². The van der Waals surface area contributed by atoms with Gasteiger partial charge >= 0.3 is 18.7 Å². The Hall–Kier alpha value is -4.09. The van der Waals surface area contributed by atoms with Crippen LogP contribution in [0.4, 0.5) is 45.2 Å². The van der Waals surface area contributed by atoms with Crippen LogP contribution in [0.25, 0.3) is 11.6 Å². The summed E-state index contributed by atoms with van der Waals surface area (Å²) in [5.41, 5.74) is -1.95. The number of nitrogens with two attached hydrogens (primary N) is 1. The number of ether oxygens (including phenoxy) is 1. The molecule has 2 aromatic heterocycles. The number of anilines is 1. The Morgan fingerprint density at radius 3 is 2.23 bits per heavy atom. The Morgan fingerprint density at radius 1 is 1.00 bits per heavy atom. The van der Waals surface area contributed by atoms with Gasteiger partial charge in [0, 0.05) is 6.54 Å². The topological polar surface area (TPSA) is 128 Å². The van der Waals surface area contributed by atoms with Crippen LogP contribution >= 0.6 is 0 Å². The predicted octanol–water partition coefficient (Wildman–Crippen LogP) is 6.16. The summed E-state index contributed by atoms with van der Waals surface area (Å²) in [6, 6.07) is 3.50. The van der Waals surface area contributed by atoms with Gasteiger partial charge < -0.3 is 24.9 Å². The smallest absolute Gasteiger partial charge is 0.416 e. The molecule has 4 rings (SSSR count). The third-order valence-electron chi connectivity index (χ3n) is 6.77. The zero-order chi connectivity index (χ0) is 32.0. The minimum absolute atomic E-state index is 0.0409. The van der Waals surface area contributed by atoms with Crippen molar-refractivity contribution in [3.05, 3.63) is 53.0 Å². The van der Waals surface area contributed by atoms with E-state index >= 15 is 0 Å². The minimum Gasteiger partial charge on any atom is -0.416 e. The highest BCUT2D eigenvalue weighted by atomic mass is 19.4. The fourth-order valence-corrected chi connectivity index (χ4v) is 4.51. The molecule has 0 saturated carbocycles. The summed E-state index contributed by atoms with van der Waals surface area (Å²) in [5, 5.41) is 17.2. The maximum Gasteiger partial charge on any atom is 0.573 e. The van der Waals surface area contributed by atoms with E-state index in [9.17, 15) is 49.4 Å². The molecule has 0 aliphatic carbocycles. The first-order chi connectivity index (χ1) is 19.8. The second kappa shape index (κ2) is 11.2. The molecule has 18 heteroatoms. The van der Waals surface area contributed by atoms with Crippen LogP contribution in [0.5, 0.6) is 5.75 Å². The van der Waals surface area contributed by atoms with Crippen LogP contribution in [0, 0.1) is 0 Å². The second-order valence-electron chi connectivity index (χ2n) is 9.69. The van der Waals surface area contributed by atoms with Crippen molar-refractivity contribution < 1.29 is 58.6 Å². The van der Waals surface area contributed by atoms with Gasteiger partial charge in [0.25, 0.3) is 17.7 Å². The highest BCUT2D eigenvalue weighted by molar-refractivity contribution is 5.95. The number of pyridine rings is 1. The van der Waals surface area contributed by atoms with Crippen LogP contribution in [0.3, 0.4) is 0 Å². The number of halogens is 9. The predicted molar refractivity (Wildman–Crippen MR) is 128 cm³/mol. The SMILES string of the molecule is C[C@@H](c1ccc(OC(F)(F)F)cc1)N1CCCCC[C@](O)(C(F)(F)F)c2nnc(o2)-c2nc(c(C(F)(F)F)cc2N)C1=O. The van der Waals surface area contributed by atoms with Gasteiger partial charge in [-0.25, -0.2) is 4.98 Å². The molecule has 43 heavy (non-hydrogen) atoms. The summed E-state index contributed by atoms with van der Waals surface area (Å²) in [6.07, 6.45) is -16.7. The summed E-state index contributed by atoms with van der Waals surface area (Å²) in [4.78, 5) is 18.4. The van der Waals surface area contributed by atoms with E-state index in [1.54, 1.807) is 0 Å². The van der Waals surface area contributed by atoms with Gasteiger partial charge in [0.15, 0.2) is 5.69 Å². The number of nitrogen functional groups attached to an aromatic ring is 1. The molecule has 3 N–H and O–H groups in total. The Labute approximate surface area is 236 Å². The maximum absolute atomic E-state index is 14.1. The zero-order valence-electron chi connectivity index (χ0n) is 21.9. The van der Waals surface area contributed by atoms with Gasteiger partial charge in [-0.3, -0.25) is 4.79 Å². The van der Waals surface area contributed by atoms with E-state index in [0.29, 0.717) is 6.07 Å². The van der Waals surface area contributed by atoms with Crippen molar-refractivity contribution in [3.8, 4) is 17.3 Å². The molecule has 2 atom stereocenters. The van der Waals surface area contributed by atoms with Crippen molar-refractivity contribution >= 4 is 11.6 Å². The highest BCUT2D eigenvalue weighted by Crippen LogP contribution is 2.44. The van der Waals surface area contributed by atoms with E-state index < -0.39 is 82.9 Å². The molecule has 0 radical (unpaired) electrons. The van der Waals surface area contributed by atoms with Crippen molar-refractivity contribution in [1.29, 1.82) is 0 Å². The molecule has 1 aliphatic heterocycles. The highest BCUT2D eigenvalue weighted by Gasteiger charge is 2.58. The molecule has 0 fully saturated rings. The molecule has 1 aliphatic rings. The lowest BCUT2D eigenvalue weighted by Gasteiger charge is -2.31. The van der Waals surface area contributed by atoms with Crippen LogP contribution in [-0.4, -0.2) is 50.2 Å². The summed E-state index contributed by atoms with van der Waals surface area (Å²) < 4.78 is 130. The van der Waals surface area contributed by atoms with Gasteiger partial charge in [-0.15, -0.1) is 23.4 Å². The van der Waals surface area contributed by atoms with E-state index in [2.05, 4.69) is 19.9 Å². The maximum atomic E-state index is 14.1. The fourth-order valence-electron chi connectivity index (χ4n) is 4.51. The van der Waals surface area contributed by atoms with Gasteiger partial charge in [0.2, 0.25) is 5.60 Å². The van der Waals surface area contributed by atoms with Crippen molar-refractivity contribution in [2.75, 3.05) is 12.3 Å². The Balaban J connectivity index is 1.83. The summed E-state index contributed by atoms with van der Waals surface area (Å²) in [7, 11) is 0. The van der Waals surface area contributed by atoms with Crippen molar-refractivity contribution in [2.24, 2.45) is 0 Å². The van der Waals surface area contributed by atoms with Crippen LogP contribution < -0.4 is 10.5 Å². The number of hydrogen-bond acceptors (Lipinski definition) is 8. The second-order valence-corrected chi connectivity index (χ2v) is 9.69. The van der Waals surface area contributed by atoms with E-state index in [0.717, 1.165) is 17.0 Å². The van der Waals surface area contributed by atoms with Crippen molar-refractivity contribution in [1.82, 2.24) is 20.1 Å². The largest absolute Gasteiger partial charge is 0.573 e. The van der Waals surface area contributed by atoms with Crippen LogP contribution in [0.2, 0.25) is 0 Å². The summed E-state index contributed by atoms with van der Waals surface area (Å²) >= 11 is 0. The normalized spacial score (nSPS) is 19.6. The molecule has 9 nitrogen and oxygen atoms in total. The lowest BCUT2D eigenvalue weighted by atomic mass is 9.95. The van der Waals surface area contributed by atoms with Gasteiger partial charge in [0.1, 0.15) is 11.4 Å². The molecule has 0 saturated heterocycles. The molecular formula is C25H22F9N5O4. The number of carbonyl (C=O) groups excluding carboxylic acids is 1. The van der Waals surface area contributed by atoms with E-state index in [1.807, 2.05) is 0 Å². The Bertz CT molecular complexity index is 1470. The number of rotatable bonds is 3. The van der Waals surface area contributed by atoms with Crippen molar-refractivity contribution in [2.45, 2.75) is 63.0 Å². The molecule has 3 aromatic rings. The summed E-state index contributed by atoms with van der Waals surface area (Å²) in [6.45, 7) is 1.08. The molecule has 4 bridgehead atoms. The molecule has 1 aromatic carbocycles. The van der Waals surface area contributed by atoms with E-state index in [4.69, 9.17) is 10.2 Å². The molecule has 3 heterocycles. The third-order valence-corrected chi connectivity index (χ3v) is 6.77. The number of carbonyl (C=O) groups is 1. The van der Waals surface area contributed by atoms with Crippen LogP contribution in [-0.2, 0) is 11.8 Å². The number of hydrogen-bond donors (Lipinski definition) is 2. The fraction of sp³-hybridized carbons (Fsp3) is 0.440. The van der Waals surface area contributed by atoms with Crippen molar-refractivity contribution in [3.63, 3.8) is 0 Å². The van der Waals surface area contributed by atoms with Gasteiger partial charge in [-0.2, -0.15) is 26.3 Å². The first kappa shape index (κ1) is 31.8. The van der Waals surface area contributed by atoms with Crippen LogP contribution in [0.1, 0.15) is 66.2 Å². The van der Waals surface area contributed by atoms with E-state index in [-0.39, 0.29) is 31.4 Å². The molecular weight excluding hydrogens is 605 g/mol. The number of benzene rings is 1. The molecule has 234 valence electrons. The number of fused-ring (bicyclic) bond motifs is 5. The summed E-state index contributed by atoms with van der Waals surface area (Å²) in [5.74, 6) is -4.01. The number of amides is 1. The molecule has 0 unspecified atom stereocenters. The Morgan fingerprint density at radius 2 is 1.65 bits per heavy atom. The lowest BCUT2D eigenvalue weighted by Crippen LogP contribution is -2.42. The standard InChI is InChI=1S/C25H22F9N5O4/c1-12(13-5-7-14(8-6-13)43-25(32,33)34)39-10-4-2-3-9-22(41,24(29,30)31)21-38-37-19(42-21)18-16(35)11-15(23(26,27)28)17(36-18)20(39)40/h5-8,11-12,41H,2-4,9-10,35H2,1H3/t12-,22+/m0/s1. The average Bonchev–Trinajstić information content (AvgIpc) is 3.38. The number of nitrogens with zero attached hydrogens (tertiary/aromatic N) is 4. The minimum atomic E-state index is -5.28. The monoisotopic (exact) mass is 627 g/mol. The molecule has 1 amide bonds. The average molecular weight is 627 g/mol. The zero-order valence-corrected chi connectivity index (χ0v) is 21.9. The quantitative estimate of drug-likeness (QED) is 0.331. The van der Waals surface area contributed by atoms with Gasteiger partial charge in [-0.05, 0) is 49.9 Å².